The molecule has 17 nitrogen and oxygen atoms in total. The lowest BCUT2D eigenvalue weighted by Gasteiger charge is -2.42. The van der Waals surface area contributed by atoms with Gasteiger partial charge in [0.15, 0.2) is 36.2 Å². The molecule has 2 fully saturated rings. The quantitative estimate of drug-likeness (QED) is 0.143. The molecule has 0 saturated carbocycles. The van der Waals surface area contributed by atoms with Crippen molar-refractivity contribution in [1.82, 2.24) is 0 Å². The molecule has 5 aliphatic rings. The van der Waals surface area contributed by atoms with Crippen molar-refractivity contribution in [3.05, 3.63) is 53.1 Å². The Kier molecular flexibility index (Phi) is 9.89. The van der Waals surface area contributed by atoms with Crippen molar-refractivity contribution in [3.63, 3.8) is 0 Å². The van der Waals surface area contributed by atoms with E-state index < -0.39 is 86.3 Å². The van der Waals surface area contributed by atoms with E-state index in [2.05, 4.69) is 6.58 Å². The van der Waals surface area contributed by atoms with Gasteiger partial charge in [0.2, 0.25) is 0 Å². The molecule has 0 spiro atoms. The van der Waals surface area contributed by atoms with E-state index in [9.17, 15) is 40.5 Å². The molecule has 0 unspecified atom stereocenters. The second-order valence-corrected chi connectivity index (χ2v) is 13.0. The maximum atomic E-state index is 13.9. The first kappa shape index (κ1) is 35.8. The Hall–Kier alpha value is -3.59. The van der Waals surface area contributed by atoms with Gasteiger partial charge in [0.05, 0.1) is 38.9 Å². The third-order valence-electron chi connectivity index (χ3n) is 9.85. The minimum atomic E-state index is -1.85. The fourth-order valence-electron chi connectivity index (χ4n) is 6.93. The summed E-state index contributed by atoms with van der Waals surface area (Å²) < 4.78 is 51.1. The molecule has 7 rings (SSSR count). The van der Waals surface area contributed by atoms with Crippen LogP contribution >= 0.6 is 0 Å². The molecule has 13 atom stereocenters. The molecular formula is C34H40O17. The number of benzene rings is 2. The summed E-state index contributed by atoms with van der Waals surface area (Å²) >= 11 is 0. The molecule has 0 aliphatic carbocycles. The van der Waals surface area contributed by atoms with Gasteiger partial charge in [-0.05, 0) is 23.8 Å². The maximum absolute atomic E-state index is 13.9. The molecule has 2 aromatic carbocycles. The van der Waals surface area contributed by atoms with Crippen LogP contribution in [-0.2, 0) is 25.4 Å². The average molecular weight is 721 g/mol. The Balaban J connectivity index is 0.992. The van der Waals surface area contributed by atoms with E-state index in [0.29, 0.717) is 51.0 Å². The van der Waals surface area contributed by atoms with Crippen molar-refractivity contribution in [2.75, 3.05) is 34.0 Å². The van der Waals surface area contributed by atoms with Crippen LogP contribution < -0.4 is 23.7 Å². The van der Waals surface area contributed by atoms with Gasteiger partial charge in [-0.2, -0.15) is 0 Å². The Bertz CT molecular complexity index is 1650. The fraction of sp³-hybridized carbons (Fsp3) is 0.559. The molecule has 51 heavy (non-hydrogen) atoms. The highest BCUT2D eigenvalue weighted by atomic mass is 16.8. The van der Waals surface area contributed by atoms with Crippen LogP contribution in [0.1, 0.15) is 27.4 Å². The van der Waals surface area contributed by atoms with Crippen molar-refractivity contribution in [1.29, 1.82) is 0 Å². The summed E-state index contributed by atoms with van der Waals surface area (Å²) in [6.07, 6.45) is -17.5. The Morgan fingerprint density at radius 1 is 0.824 bits per heavy atom. The van der Waals surface area contributed by atoms with Crippen molar-refractivity contribution < 1.29 is 83.2 Å². The van der Waals surface area contributed by atoms with Crippen LogP contribution in [-0.4, -0.2) is 149 Å². The summed E-state index contributed by atoms with van der Waals surface area (Å²) in [5.41, 5.74) is 2.13. The highest BCUT2D eigenvalue weighted by molar-refractivity contribution is 6.06. The summed E-state index contributed by atoms with van der Waals surface area (Å²) in [5, 5.41) is 71.0. The van der Waals surface area contributed by atoms with E-state index in [1.54, 1.807) is 24.3 Å². The Morgan fingerprint density at radius 2 is 1.51 bits per heavy atom. The third-order valence-corrected chi connectivity index (χ3v) is 9.85. The number of ether oxygens (including phenoxy) is 9. The first-order valence-corrected chi connectivity index (χ1v) is 16.3. The number of aliphatic hydroxyl groups excluding tert-OH is 7. The predicted octanol–water partition coefficient (Wildman–Crippen LogP) is -1.72. The number of hydrogen-bond acceptors (Lipinski definition) is 17. The molecule has 0 aromatic heterocycles. The van der Waals surface area contributed by atoms with Crippen LogP contribution in [0.5, 0.6) is 28.7 Å². The van der Waals surface area contributed by atoms with Crippen molar-refractivity contribution >= 4 is 5.78 Å². The number of rotatable bonds is 9. The second kappa shape index (κ2) is 14.1. The maximum Gasteiger partial charge on any atom is 0.189 e. The second-order valence-electron chi connectivity index (χ2n) is 13.0. The Labute approximate surface area is 291 Å². The van der Waals surface area contributed by atoms with Gasteiger partial charge in [0, 0.05) is 23.6 Å². The summed E-state index contributed by atoms with van der Waals surface area (Å²) in [5.74, 6) is 1.58. The Morgan fingerprint density at radius 3 is 2.24 bits per heavy atom. The first-order chi connectivity index (χ1) is 24.4. The van der Waals surface area contributed by atoms with Crippen LogP contribution in [0.25, 0.3) is 0 Å². The van der Waals surface area contributed by atoms with E-state index >= 15 is 0 Å². The lowest BCUT2D eigenvalue weighted by atomic mass is 9.81. The van der Waals surface area contributed by atoms with Crippen molar-refractivity contribution in [2.24, 2.45) is 0 Å². The first-order valence-electron chi connectivity index (χ1n) is 16.3. The normalized spacial score (nSPS) is 36.7. The van der Waals surface area contributed by atoms with E-state index in [-0.39, 0.29) is 25.4 Å². The third kappa shape index (κ3) is 6.31. The summed E-state index contributed by atoms with van der Waals surface area (Å²) in [6.45, 7) is 3.46. The summed E-state index contributed by atoms with van der Waals surface area (Å²) in [4.78, 5) is 13.9. The van der Waals surface area contributed by atoms with Crippen LogP contribution in [0.3, 0.4) is 0 Å². The number of Topliss-reactive ketones (excluding diaryl/α,β-unsaturated/α-hetero) is 1. The van der Waals surface area contributed by atoms with Gasteiger partial charge in [0.25, 0.3) is 0 Å². The van der Waals surface area contributed by atoms with Crippen molar-refractivity contribution in [3.8, 4) is 28.7 Å². The van der Waals surface area contributed by atoms with Gasteiger partial charge in [0.1, 0.15) is 78.8 Å². The van der Waals surface area contributed by atoms with Crippen LogP contribution in [0.2, 0.25) is 0 Å². The molecule has 5 aliphatic heterocycles. The molecule has 2 saturated heterocycles. The SMILES string of the molecule is C=C(CO[C@H]1O[C@@H](CO[C@@H]2O[C@H](O)[C@H](O)[C@@H](O)[C@@H]2O)[C@H](O)[C@@H](O)[C@@H]1O)[C@@H]1Cc2c(ccc3c2O[C@@H]2COc4cc(OC)c(OC)cc4[C@@H]2C3=O)O1. The lowest BCUT2D eigenvalue weighted by Crippen LogP contribution is -2.61. The minimum absolute atomic E-state index is 0.129. The molecule has 0 amide bonds. The van der Waals surface area contributed by atoms with Gasteiger partial charge >= 0.3 is 0 Å². The molecule has 0 bridgehead atoms. The van der Waals surface area contributed by atoms with Crippen LogP contribution in [0.15, 0.2) is 36.4 Å². The van der Waals surface area contributed by atoms with E-state index in [1.807, 2.05) is 0 Å². The van der Waals surface area contributed by atoms with Gasteiger partial charge in [-0.15, -0.1) is 0 Å². The number of carbonyl (C=O) groups is 1. The number of aliphatic hydroxyl groups is 7. The number of methoxy groups -OCH3 is 2. The average Bonchev–Trinajstić information content (AvgIpc) is 3.58. The standard InChI is InChI=1S/C34H40O17/c1-12(9-46-33-29(40)26(37)25(36)22(50-33)11-47-34-30(41)27(38)28(39)32(42)51-34)17-7-15-16(48-17)5-4-13-24(35)23-14-6-19(43-2)20(44-3)8-18(14)45-10-21(23)49-31(13)15/h4-6,8,17,21-23,25-30,32-34,36-42H,1,7,9-11H2,2-3H3/t17-,21+,22-,23-,25-,26+,27+,28+,29-,30-,32-,33-,34+/m0/s1. The zero-order valence-corrected chi connectivity index (χ0v) is 27.6. The number of fused-ring (bicyclic) bond motifs is 6. The van der Waals surface area contributed by atoms with Gasteiger partial charge in [-0.3, -0.25) is 4.79 Å². The molecule has 5 heterocycles. The highest BCUT2D eigenvalue weighted by Gasteiger charge is 2.49. The number of ketones is 1. The highest BCUT2D eigenvalue weighted by Crippen LogP contribution is 2.50. The molecule has 17 heteroatoms. The minimum Gasteiger partial charge on any atom is -0.493 e. The molecule has 7 N–H and O–H groups in total. The zero-order valence-electron chi connectivity index (χ0n) is 27.6. The zero-order chi connectivity index (χ0) is 36.3. The molecular weight excluding hydrogens is 680 g/mol. The topological polar surface area (TPSA) is 242 Å². The smallest absolute Gasteiger partial charge is 0.189 e. The van der Waals surface area contributed by atoms with E-state index in [4.69, 9.17) is 42.6 Å². The van der Waals surface area contributed by atoms with Gasteiger partial charge in [-0.1, -0.05) is 6.58 Å². The monoisotopic (exact) mass is 720 g/mol. The lowest BCUT2D eigenvalue weighted by molar-refractivity contribution is -0.353. The largest absolute Gasteiger partial charge is 0.493 e. The van der Waals surface area contributed by atoms with Crippen LogP contribution in [0.4, 0.5) is 0 Å². The predicted molar refractivity (Wildman–Crippen MR) is 168 cm³/mol. The molecule has 278 valence electrons. The number of carbonyl (C=O) groups excluding carboxylic acids is 1. The van der Waals surface area contributed by atoms with Crippen LogP contribution in [0, 0.1) is 0 Å². The fourth-order valence-corrected chi connectivity index (χ4v) is 6.93. The van der Waals surface area contributed by atoms with E-state index in [1.165, 1.54) is 14.2 Å². The van der Waals surface area contributed by atoms with Gasteiger partial charge < -0.3 is 78.4 Å². The molecule has 0 radical (unpaired) electrons. The van der Waals surface area contributed by atoms with E-state index in [0.717, 1.165) is 0 Å². The van der Waals surface area contributed by atoms with Crippen molar-refractivity contribution in [2.45, 2.75) is 86.1 Å². The number of hydrogen-bond donors (Lipinski definition) is 7. The van der Waals surface area contributed by atoms with Gasteiger partial charge in [-0.25, -0.2) is 0 Å². The summed E-state index contributed by atoms with van der Waals surface area (Å²) in [6, 6.07) is 6.78. The summed E-state index contributed by atoms with van der Waals surface area (Å²) in [7, 11) is 3.03. The molecule has 2 aromatic rings.